The van der Waals surface area contributed by atoms with Crippen LogP contribution < -0.4 is 16.0 Å². The molecule has 132 valence electrons. The first-order valence-corrected chi connectivity index (χ1v) is 8.66. The SMILES string of the molecule is Cc1cc(C(=O)NNS(=O)(=O)c2ccc3c(c2)oc(=O)n3C)c(C)o1. The summed E-state index contributed by atoms with van der Waals surface area (Å²) in [4.78, 5) is 25.4. The normalized spacial score (nSPS) is 11.8. The molecule has 0 aliphatic heterocycles. The van der Waals surface area contributed by atoms with Gasteiger partial charge in [-0.1, -0.05) is 0 Å². The fraction of sp³-hybridized carbons (Fsp3) is 0.200. The van der Waals surface area contributed by atoms with Crippen LogP contribution in [0.1, 0.15) is 21.9 Å². The number of hydrazine groups is 1. The molecule has 3 rings (SSSR count). The minimum atomic E-state index is -4.05. The fourth-order valence-electron chi connectivity index (χ4n) is 2.38. The standard InChI is InChI=1S/C15H15N3O6S/c1-8-6-11(9(2)23-8)14(19)16-17-25(21,22)10-4-5-12-13(7-10)24-15(20)18(12)3/h4-7,17H,1-3H3,(H,16,19). The molecule has 0 unspecified atom stereocenters. The highest BCUT2D eigenvalue weighted by Crippen LogP contribution is 2.18. The lowest BCUT2D eigenvalue weighted by Crippen LogP contribution is -2.41. The molecule has 1 amide bonds. The van der Waals surface area contributed by atoms with Crippen molar-refractivity contribution in [3.63, 3.8) is 0 Å². The van der Waals surface area contributed by atoms with Crippen LogP contribution in [0, 0.1) is 13.8 Å². The Labute approximate surface area is 142 Å². The Morgan fingerprint density at radius 2 is 1.88 bits per heavy atom. The van der Waals surface area contributed by atoms with Crippen LogP contribution in [0.4, 0.5) is 0 Å². The van der Waals surface area contributed by atoms with Crippen LogP contribution in [0.3, 0.4) is 0 Å². The first kappa shape index (κ1) is 17.0. The zero-order valence-corrected chi connectivity index (χ0v) is 14.4. The molecule has 0 atom stereocenters. The molecule has 0 radical (unpaired) electrons. The van der Waals surface area contributed by atoms with E-state index in [4.69, 9.17) is 8.83 Å². The van der Waals surface area contributed by atoms with Gasteiger partial charge in [0.1, 0.15) is 11.5 Å². The van der Waals surface area contributed by atoms with Crippen molar-refractivity contribution in [1.29, 1.82) is 0 Å². The molecule has 9 nitrogen and oxygen atoms in total. The number of hydrogen-bond acceptors (Lipinski definition) is 6. The van der Waals surface area contributed by atoms with Crippen molar-refractivity contribution in [3.05, 3.63) is 51.9 Å². The Morgan fingerprint density at radius 3 is 2.52 bits per heavy atom. The summed E-state index contributed by atoms with van der Waals surface area (Å²) in [5.74, 6) is -0.335. The van der Waals surface area contributed by atoms with Crippen molar-refractivity contribution in [2.75, 3.05) is 0 Å². The number of aryl methyl sites for hydroxylation is 3. The van der Waals surface area contributed by atoms with Crippen LogP contribution >= 0.6 is 0 Å². The second kappa shape index (κ2) is 5.90. The summed E-state index contributed by atoms with van der Waals surface area (Å²) in [6.07, 6.45) is 0. The molecule has 0 spiro atoms. The van der Waals surface area contributed by atoms with Crippen molar-refractivity contribution < 1.29 is 22.0 Å². The summed E-state index contributed by atoms with van der Waals surface area (Å²) in [6, 6.07) is 5.46. The number of oxazole rings is 1. The van der Waals surface area contributed by atoms with Crippen LogP contribution in [0.2, 0.25) is 0 Å². The van der Waals surface area contributed by atoms with Gasteiger partial charge >= 0.3 is 5.76 Å². The van der Waals surface area contributed by atoms with Gasteiger partial charge in [0.2, 0.25) is 0 Å². The summed E-state index contributed by atoms with van der Waals surface area (Å²) in [5.41, 5.74) is 2.93. The largest absolute Gasteiger partial charge is 0.466 e. The van der Waals surface area contributed by atoms with Gasteiger partial charge < -0.3 is 8.83 Å². The minimum Gasteiger partial charge on any atom is -0.466 e. The van der Waals surface area contributed by atoms with Gasteiger partial charge in [-0.2, -0.15) is 0 Å². The second-order valence-corrected chi connectivity index (χ2v) is 7.13. The second-order valence-electron chi connectivity index (χ2n) is 5.44. The van der Waals surface area contributed by atoms with Gasteiger partial charge in [-0.3, -0.25) is 14.8 Å². The minimum absolute atomic E-state index is 0.128. The Hall–Kier alpha value is -2.85. The summed E-state index contributed by atoms with van der Waals surface area (Å²) >= 11 is 0. The third-order valence-electron chi connectivity index (χ3n) is 3.66. The van der Waals surface area contributed by atoms with Crippen LogP contribution in [-0.4, -0.2) is 18.9 Å². The fourth-order valence-corrected chi connectivity index (χ4v) is 3.23. The van der Waals surface area contributed by atoms with Crippen molar-refractivity contribution in [2.24, 2.45) is 7.05 Å². The summed E-state index contributed by atoms with van der Waals surface area (Å²) in [7, 11) is -2.54. The topological polar surface area (TPSA) is 124 Å². The summed E-state index contributed by atoms with van der Waals surface area (Å²) < 4.78 is 36.1. The maximum Gasteiger partial charge on any atom is 0.419 e. The third kappa shape index (κ3) is 3.08. The molecule has 0 fully saturated rings. The number of carbonyl (C=O) groups is 1. The van der Waals surface area contributed by atoms with E-state index in [1.807, 2.05) is 4.83 Å². The lowest BCUT2D eigenvalue weighted by Gasteiger charge is -2.08. The zero-order valence-electron chi connectivity index (χ0n) is 13.6. The van der Waals surface area contributed by atoms with Gasteiger partial charge in [0.15, 0.2) is 5.58 Å². The van der Waals surface area contributed by atoms with Crippen molar-refractivity contribution >= 4 is 27.0 Å². The van der Waals surface area contributed by atoms with Gasteiger partial charge in [0.05, 0.1) is 16.0 Å². The highest BCUT2D eigenvalue weighted by atomic mass is 32.2. The van der Waals surface area contributed by atoms with Crippen LogP contribution in [-0.2, 0) is 17.1 Å². The van der Waals surface area contributed by atoms with E-state index in [2.05, 4.69) is 5.43 Å². The van der Waals surface area contributed by atoms with E-state index >= 15 is 0 Å². The van der Waals surface area contributed by atoms with E-state index in [1.165, 1.54) is 35.9 Å². The number of aromatic nitrogens is 1. The Balaban J connectivity index is 1.83. The van der Waals surface area contributed by atoms with Crippen LogP contribution in [0.25, 0.3) is 11.1 Å². The van der Waals surface area contributed by atoms with Gasteiger partial charge in [-0.05, 0) is 32.0 Å². The number of benzene rings is 1. The van der Waals surface area contributed by atoms with Gasteiger partial charge in [-0.15, -0.1) is 4.83 Å². The molecule has 0 bridgehead atoms. The number of carbonyl (C=O) groups excluding carboxylic acids is 1. The smallest absolute Gasteiger partial charge is 0.419 e. The van der Waals surface area contributed by atoms with E-state index in [0.717, 1.165) is 0 Å². The molecule has 3 aromatic rings. The number of nitrogens with zero attached hydrogens (tertiary/aromatic N) is 1. The predicted molar refractivity (Wildman–Crippen MR) is 87.4 cm³/mol. The monoisotopic (exact) mass is 365 g/mol. The maximum absolute atomic E-state index is 12.3. The number of furan rings is 1. The average Bonchev–Trinajstić information content (AvgIpc) is 3.04. The molecule has 25 heavy (non-hydrogen) atoms. The van der Waals surface area contributed by atoms with E-state index in [-0.39, 0.29) is 16.0 Å². The molecule has 0 saturated carbocycles. The molecule has 0 aliphatic rings. The maximum atomic E-state index is 12.3. The molecule has 10 heteroatoms. The quantitative estimate of drug-likeness (QED) is 0.664. The predicted octanol–water partition coefficient (Wildman–Crippen LogP) is 0.965. The number of fused-ring (bicyclic) bond motifs is 1. The zero-order chi connectivity index (χ0) is 18.4. The molecule has 2 heterocycles. The molecule has 1 aromatic carbocycles. The number of hydrogen-bond donors (Lipinski definition) is 2. The Morgan fingerprint density at radius 1 is 1.16 bits per heavy atom. The van der Waals surface area contributed by atoms with E-state index in [1.54, 1.807) is 13.8 Å². The lowest BCUT2D eigenvalue weighted by atomic mass is 10.2. The number of rotatable bonds is 4. The number of amides is 1. The highest BCUT2D eigenvalue weighted by Gasteiger charge is 2.20. The molecule has 0 aliphatic carbocycles. The van der Waals surface area contributed by atoms with Crippen LogP contribution in [0.5, 0.6) is 0 Å². The lowest BCUT2D eigenvalue weighted by molar-refractivity contribution is 0.0943. The molecule has 2 N–H and O–H groups in total. The van der Waals surface area contributed by atoms with Gasteiger partial charge in [-0.25, -0.2) is 13.2 Å². The first-order valence-electron chi connectivity index (χ1n) is 7.18. The van der Waals surface area contributed by atoms with E-state index in [0.29, 0.717) is 17.0 Å². The summed E-state index contributed by atoms with van der Waals surface area (Å²) in [6.45, 7) is 3.28. The number of nitrogens with one attached hydrogen (secondary N) is 2. The average molecular weight is 365 g/mol. The Kier molecular flexibility index (Phi) is 4.01. The Bertz CT molecular complexity index is 1140. The first-order chi connectivity index (χ1) is 11.7. The summed E-state index contributed by atoms with van der Waals surface area (Å²) in [5, 5.41) is 0. The highest BCUT2D eigenvalue weighted by molar-refractivity contribution is 7.89. The van der Waals surface area contributed by atoms with E-state index < -0.39 is 21.7 Å². The molecule has 2 aromatic heterocycles. The van der Waals surface area contributed by atoms with E-state index in [9.17, 15) is 18.0 Å². The molecular weight excluding hydrogens is 350 g/mol. The van der Waals surface area contributed by atoms with Crippen molar-refractivity contribution in [1.82, 2.24) is 14.8 Å². The van der Waals surface area contributed by atoms with Gasteiger partial charge in [0.25, 0.3) is 15.9 Å². The van der Waals surface area contributed by atoms with Crippen molar-refractivity contribution in [3.8, 4) is 0 Å². The molecule has 0 saturated heterocycles. The van der Waals surface area contributed by atoms with Crippen LogP contribution in [0.15, 0.2) is 42.8 Å². The third-order valence-corrected chi connectivity index (χ3v) is 4.90. The van der Waals surface area contributed by atoms with Crippen molar-refractivity contribution in [2.45, 2.75) is 18.7 Å². The van der Waals surface area contributed by atoms with Gasteiger partial charge in [0, 0.05) is 13.1 Å². The molecular formula is C15H15N3O6S. The number of sulfonamides is 1.